The highest BCUT2D eigenvalue weighted by Crippen LogP contribution is 2.16. The molecule has 1 amide bonds. The van der Waals surface area contributed by atoms with Crippen molar-refractivity contribution < 1.29 is 4.79 Å². The third kappa shape index (κ3) is 11.5. The number of carbonyl (C=O) groups excluding carboxylic acids is 1. The number of nitrogens with two attached hydrogens (primary N) is 1. The van der Waals surface area contributed by atoms with Gasteiger partial charge >= 0.3 is 0 Å². The number of hydrogen-bond donors (Lipinski definition) is 2. The van der Waals surface area contributed by atoms with Crippen LogP contribution in [0.5, 0.6) is 0 Å². The number of rotatable bonds is 10. The number of carbonyl (C=O) groups is 1. The Balaban J connectivity index is 0. The van der Waals surface area contributed by atoms with Crippen molar-refractivity contribution in [2.75, 3.05) is 32.7 Å². The van der Waals surface area contributed by atoms with Gasteiger partial charge in [0.15, 0.2) is 0 Å². The van der Waals surface area contributed by atoms with E-state index >= 15 is 0 Å². The molecular weight excluding hydrogens is 321 g/mol. The lowest BCUT2D eigenvalue weighted by Gasteiger charge is -2.18. The van der Waals surface area contributed by atoms with Crippen molar-refractivity contribution in [2.45, 2.75) is 52.4 Å². The molecule has 1 aliphatic rings. The molecule has 0 saturated carbocycles. The van der Waals surface area contributed by atoms with Gasteiger partial charge < -0.3 is 16.0 Å². The fourth-order valence-electron chi connectivity index (χ4n) is 2.89. The first-order valence-electron chi connectivity index (χ1n) is 8.31. The summed E-state index contributed by atoms with van der Waals surface area (Å²) in [6, 6.07) is 0. The molecule has 0 aromatic heterocycles. The molecule has 1 fully saturated rings. The summed E-state index contributed by atoms with van der Waals surface area (Å²) in [6.07, 6.45) is 6.24. The summed E-state index contributed by atoms with van der Waals surface area (Å²) < 4.78 is 0. The van der Waals surface area contributed by atoms with E-state index in [1.165, 1.54) is 19.5 Å². The second-order valence-corrected chi connectivity index (χ2v) is 6.57. The average molecular weight is 356 g/mol. The van der Waals surface area contributed by atoms with Gasteiger partial charge in [-0.2, -0.15) is 0 Å². The minimum atomic E-state index is 0. The molecule has 0 aromatic rings. The zero-order valence-electron chi connectivity index (χ0n) is 14.2. The molecule has 1 atom stereocenters. The molecule has 1 heterocycles. The van der Waals surface area contributed by atoms with Crippen LogP contribution in [0.1, 0.15) is 52.4 Å². The average Bonchev–Trinajstić information content (AvgIpc) is 2.83. The Morgan fingerprint density at radius 2 is 1.91 bits per heavy atom. The predicted molar refractivity (Wildman–Crippen MR) is 99.0 cm³/mol. The fraction of sp³-hybridized carbons (Fsp3) is 0.938. The lowest BCUT2D eigenvalue weighted by Crippen LogP contribution is -2.31. The second-order valence-electron chi connectivity index (χ2n) is 6.57. The number of nitrogens with zero attached hydrogens (tertiary/aromatic N) is 1. The van der Waals surface area contributed by atoms with Crippen molar-refractivity contribution in [1.29, 1.82) is 0 Å². The quantitative estimate of drug-likeness (QED) is 0.592. The zero-order chi connectivity index (χ0) is 14.8. The lowest BCUT2D eigenvalue weighted by molar-refractivity contribution is -0.121. The summed E-state index contributed by atoms with van der Waals surface area (Å²) >= 11 is 0. The molecule has 134 valence electrons. The number of halogens is 2. The highest BCUT2D eigenvalue weighted by molar-refractivity contribution is 5.85. The van der Waals surface area contributed by atoms with Crippen LogP contribution in [-0.4, -0.2) is 43.5 Å². The van der Waals surface area contributed by atoms with Crippen LogP contribution in [0.2, 0.25) is 0 Å². The van der Waals surface area contributed by atoms with Crippen molar-refractivity contribution >= 4 is 30.7 Å². The second kappa shape index (κ2) is 14.6. The van der Waals surface area contributed by atoms with Gasteiger partial charge in [0.25, 0.3) is 0 Å². The van der Waals surface area contributed by atoms with Gasteiger partial charge in [-0.3, -0.25) is 4.79 Å². The Hall–Kier alpha value is -0.0300. The van der Waals surface area contributed by atoms with Crippen molar-refractivity contribution in [2.24, 2.45) is 17.6 Å². The highest BCUT2D eigenvalue weighted by atomic mass is 35.5. The predicted octanol–water partition coefficient (Wildman–Crippen LogP) is 2.83. The number of hydrogen-bond acceptors (Lipinski definition) is 3. The summed E-state index contributed by atoms with van der Waals surface area (Å²) in [4.78, 5) is 14.3. The van der Waals surface area contributed by atoms with E-state index < -0.39 is 0 Å². The third-order valence-electron chi connectivity index (χ3n) is 3.94. The van der Waals surface area contributed by atoms with Gasteiger partial charge in [-0.25, -0.2) is 0 Å². The maximum atomic E-state index is 11.7. The standard InChI is InChI=1S/C16H33N3O.2ClH/c1-14(2)12-19-10-8-15(13-19)11-18-16(20)7-5-3-4-6-9-17;;/h14-15H,3-13,17H2,1-2H3,(H,18,20);2*1H. The molecule has 1 saturated heterocycles. The third-order valence-corrected chi connectivity index (χ3v) is 3.94. The topological polar surface area (TPSA) is 58.4 Å². The van der Waals surface area contributed by atoms with Gasteiger partial charge in [0.2, 0.25) is 5.91 Å². The molecule has 1 unspecified atom stereocenters. The largest absolute Gasteiger partial charge is 0.356 e. The molecule has 0 radical (unpaired) electrons. The van der Waals surface area contributed by atoms with Crippen LogP contribution in [-0.2, 0) is 4.79 Å². The molecule has 0 aromatic carbocycles. The van der Waals surface area contributed by atoms with Gasteiger partial charge in [-0.05, 0) is 44.2 Å². The molecular formula is C16H35Cl2N3O. The summed E-state index contributed by atoms with van der Waals surface area (Å²) in [7, 11) is 0. The smallest absolute Gasteiger partial charge is 0.220 e. The van der Waals surface area contributed by atoms with Crippen molar-refractivity contribution in [3.8, 4) is 0 Å². The first kappa shape index (κ1) is 24.2. The van der Waals surface area contributed by atoms with Gasteiger partial charge in [-0.1, -0.05) is 26.7 Å². The lowest BCUT2D eigenvalue weighted by atomic mass is 10.1. The first-order valence-corrected chi connectivity index (χ1v) is 8.31. The van der Waals surface area contributed by atoms with E-state index in [-0.39, 0.29) is 30.7 Å². The highest BCUT2D eigenvalue weighted by Gasteiger charge is 2.22. The fourth-order valence-corrected chi connectivity index (χ4v) is 2.89. The van der Waals surface area contributed by atoms with Crippen LogP contribution in [0.25, 0.3) is 0 Å². The van der Waals surface area contributed by atoms with Gasteiger partial charge in [0, 0.05) is 26.1 Å². The summed E-state index contributed by atoms with van der Waals surface area (Å²) in [5.41, 5.74) is 5.45. The van der Waals surface area contributed by atoms with E-state index in [9.17, 15) is 4.79 Å². The van der Waals surface area contributed by atoms with Gasteiger partial charge in [-0.15, -0.1) is 24.8 Å². The maximum Gasteiger partial charge on any atom is 0.220 e. The van der Waals surface area contributed by atoms with E-state index in [2.05, 4.69) is 24.1 Å². The first-order chi connectivity index (χ1) is 9.61. The summed E-state index contributed by atoms with van der Waals surface area (Å²) in [6.45, 7) is 9.68. The molecule has 0 bridgehead atoms. The number of amides is 1. The van der Waals surface area contributed by atoms with Crippen molar-refractivity contribution in [3.05, 3.63) is 0 Å². The Labute approximate surface area is 148 Å². The molecule has 1 rings (SSSR count). The number of nitrogens with one attached hydrogen (secondary N) is 1. The van der Waals surface area contributed by atoms with Crippen molar-refractivity contribution in [1.82, 2.24) is 10.2 Å². The van der Waals surface area contributed by atoms with E-state index in [0.29, 0.717) is 12.3 Å². The van der Waals surface area contributed by atoms with E-state index in [0.717, 1.165) is 51.2 Å². The van der Waals surface area contributed by atoms with Crippen LogP contribution in [0.15, 0.2) is 0 Å². The molecule has 0 aliphatic carbocycles. The summed E-state index contributed by atoms with van der Waals surface area (Å²) in [5.74, 6) is 1.60. The van der Waals surface area contributed by atoms with Crippen LogP contribution >= 0.6 is 24.8 Å². The number of unbranched alkanes of at least 4 members (excludes halogenated alkanes) is 3. The SMILES string of the molecule is CC(C)CN1CCC(CNC(=O)CCCCCCN)C1.Cl.Cl. The van der Waals surface area contributed by atoms with Crippen LogP contribution in [0, 0.1) is 11.8 Å². The van der Waals surface area contributed by atoms with Crippen LogP contribution < -0.4 is 11.1 Å². The molecule has 22 heavy (non-hydrogen) atoms. The Bertz CT molecular complexity index is 278. The Kier molecular flexibility index (Phi) is 16.0. The van der Waals surface area contributed by atoms with E-state index in [1.54, 1.807) is 0 Å². The van der Waals surface area contributed by atoms with Crippen LogP contribution in [0.4, 0.5) is 0 Å². The molecule has 6 heteroatoms. The monoisotopic (exact) mass is 355 g/mol. The van der Waals surface area contributed by atoms with E-state index in [1.807, 2.05) is 0 Å². The summed E-state index contributed by atoms with van der Waals surface area (Å²) in [5, 5.41) is 3.10. The maximum absolute atomic E-state index is 11.7. The van der Waals surface area contributed by atoms with Gasteiger partial charge in [0.05, 0.1) is 0 Å². The minimum Gasteiger partial charge on any atom is -0.356 e. The minimum absolute atomic E-state index is 0. The number of likely N-dealkylation sites (tertiary alicyclic amines) is 1. The van der Waals surface area contributed by atoms with Crippen molar-refractivity contribution in [3.63, 3.8) is 0 Å². The Morgan fingerprint density at radius 1 is 1.23 bits per heavy atom. The van der Waals surface area contributed by atoms with Crippen LogP contribution in [0.3, 0.4) is 0 Å². The molecule has 1 aliphatic heterocycles. The molecule has 3 N–H and O–H groups in total. The molecule has 0 spiro atoms. The Morgan fingerprint density at radius 3 is 2.55 bits per heavy atom. The van der Waals surface area contributed by atoms with E-state index in [4.69, 9.17) is 5.73 Å². The normalized spacial score (nSPS) is 17.9. The molecule has 4 nitrogen and oxygen atoms in total. The zero-order valence-corrected chi connectivity index (χ0v) is 15.8. The van der Waals surface area contributed by atoms with Gasteiger partial charge in [0.1, 0.15) is 0 Å².